The minimum Gasteiger partial charge on any atom is -0.477 e. The first kappa shape index (κ1) is 15.4. The SMILES string of the molecule is O=C(O)c1cc2c(Oc3cc(F)cc(F)c3[N+](=O)[O-])cccc2[nH]1. The lowest BCUT2D eigenvalue weighted by atomic mass is 10.2. The van der Waals surface area contributed by atoms with Crippen LogP contribution in [-0.2, 0) is 0 Å². The van der Waals surface area contributed by atoms with Gasteiger partial charge in [-0.15, -0.1) is 0 Å². The number of hydrogen-bond donors (Lipinski definition) is 2. The fourth-order valence-corrected chi connectivity index (χ4v) is 2.25. The van der Waals surface area contributed by atoms with Gasteiger partial charge in [-0.2, -0.15) is 4.39 Å². The Labute approximate surface area is 132 Å². The smallest absolute Gasteiger partial charge is 0.352 e. The van der Waals surface area contributed by atoms with E-state index in [2.05, 4.69) is 4.98 Å². The second-order valence-corrected chi connectivity index (χ2v) is 4.80. The molecule has 2 N–H and O–H groups in total. The Kier molecular flexibility index (Phi) is 3.60. The van der Waals surface area contributed by atoms with Crippen molar-refractivity contribution in [2.24, 2.45) is 0 Å². The molecule has 0 aliphatic carbocycles. The van der Waals surface area contributed by atoms with Crippen LogP contribution in [0, 0.1) is 21.7 Å². The highest BCUT2D eigenvalue weighted by Crippen LogP contribution is 2.37. The summed E-state index contributed by atoms with van der Waals surface area (Å²) in [6.45, 7) is 0. The van der Waals surface area contributed by atoms with Gasteiger partial charge in [0.1, 0.15) is 17.3 Å². The molecule has 0 bridgehead atoms. The van der Waals surface area contributed by atoms with Crippen LogP contribution in [0.15, 0.2) is 36.4 Å². The van der Waals surface area contributed by atoms with Crippen LogP contribution in [-0.4, -0.2) is 21.0 Å². The highest BCUT2D eigenvalue weighted by molar-refractivity contribution is 5.96. The average molecular weight is 334 g/mol. The van der Waals surface area contributed by atoms with Crippen LogP contribution in [0.25, 0.3) is 10.9 Å². The molecule has 0 unspecified atom stereocenters. The summed E-state index contributed by atoms with van der Waals surface area (Å²) in [5.41, 5.74) is -0.743. The number of nitrogens with one attached hydrogen (secondary N) is 1. The van der Waals surface area contributed by atoms with Gasteiger partial charge in [-0.3, -0.25) is 10.1 Å². The minimum absolute atomic E-state index is 0.0179. The van der Waals surface area contributed by atoms with Crippen molar-refractivity contribution < 1.29 is 28.3 Å². The summed E-state index contributed by atoms with van der Waals surface area (Å²) >= 11 is 0. The maximum absolute atomic E-state index is 13.6. The van der Waals surface area contributed by atoms with Crippen LogP contribution in [0.3, 0.4) is 0 Å². The Morgan fingerprint density at radius 2 is 1.96 bits per heavy atom. The third-order valence-corrected chi connectivity index (χ3v) is 3.25. The molecule has 0 spiro atoms. The molecule has 0 saturated carbocycles. The average Bonchev–Trinajstić information content (AvgIpc) is 2.91. The van der Waals surface area contributed by atoms with Gasteiger partial charge >= 0.3 is 11.7 Å². The lowest BCUT2D eigenvalue weighted by Gasteiger charge is -2.08. The lowest BCUT2D eigenvalue weighted by molar-refractivity contribution is -0.388. The molecule has 7 nitrogen and oxygen atoms in total. The largest absolute Gasteiger partial charge is 0.477 e. The highest BCUT2D eigenvalue weighted by atomic mass is 19.1. The van der Waals surface area contributed by atoms with Crippen LogP contribution in [0.5, 0.6) is 11.5 Å². The number of H-pyrrole nitrogens is 1. The van der Waals surface area contributed by atoms with Crippen molar-refractivity contribution in [2.45, 2.75) is 0 Å². The molecule has 0 aliphatic heterocycles. The number of carboxylic acids is 1. The number of nitro groups is 1. The number of carboxylic acid groups (broad SMARTS) is 1. The summed E-state index contributed by atoms with van der Waals surface area (Å²) in [6.07, 6.45) is 0. The van der Waals surface area contributed by atoms with Gasteiger partial charge in [-0.25, -0.2) is 9.18 Å². The van der Waals surface area contributed by atoms with Gasteiger partial charge in [0.05, 0.1) is 4.92 Å². The molecule has 0 radical (unpaired) electrons. The second-order valence-electron chi connectivity index (χ2n) is 4.80. The normalized spacial score (nSPS) is 10.8. The molecule has 0 atom stereocenters. The summed E-state index contributed by atoms with van der Waals surface area (Å²) in [6, 6.07) is 6.79. The van der Waals surface area contributed by atoms with Crippen molar-refractivity contribution in [1.82, 2.24) is 4.98 Å². The molecule has 3 rings (SSSR count). The molecule has 1 heterocycles. The Hall–Kier alpha value is -3.49. The van der Waals surface area contributed by atoms with Crippen LogP contribution in [0.1, 0.15) is 10.5 Å². The van der Waals surface area contributed by atoms with Crippen LogP contribution >= 0.6 is 0 Å². The molecule has 122 valence electrons. The van der Waals surface area contributed by atoms with Crippen LogP contribution < -0.4 is 4.74 Å². The molecule has 2 aromatic carbocycles. The van der Waals surface area contributed by atoms with E-state index in [-0.39, 0.29) is 11.4 Å². The zero-order chi connectivity index (χ0) is 17.4. The molecule has 0 fully saturated rings. The fraction of sp³-hybridized carbons (Fsp3) is 0. The number of aromatic nitrogens is 1. The monoisotopic (exact) mass is 334 g/mol. The number of nitro benzene ring substituents is 1. The van der Waals surface area contributed by atoms with Crippen molar-refractivity contribution in [2.75, 3.05) is 0 Å². The molecule has 0 amide bonds. The van der Waals surface area contributed by atoms with Gasteiger partial charge in [0.2, 0.25) is 11.6 Å². The predicted molar refractivity (Wildman–Crippen MR) is 78.3 cm³/mol. The fourth-order valence-electron chi connectivity index (χ4n) is 2.25. The van der Waals surface area contributed by atoms with E-state index < -0.39 is 34.0 Å². The zero-order valence-electron chi connectivity index (χ0n) is 11.7. The first-order chi connectivity index (χ1) is 11.4. The molecule has 24 heavy (non-hydrogen) atoms. The van der Waals surface area contributed by atoms with E-state index in [0.717, 1.165) is 0 Å². The number of hydrogen-bond acceptors (Lipinski definition) is 4. The number of halogens is 2. The number of benzene rings is 2. The Bertz CT molecular complexity index is 983. The topological polar surface area (TPSA) is 105 Å². The number of carbonyl (C=O) groups is 1. The first-order valence-electron chi connectivity index (χ1n) is 6.53. The third-order valence-electron chi connectivity index (χ3n) is 3.25. The maximum Gasteiger partial charge on any atom is 0.352 e. The molecule has 1 aromatic heterocycles. The zero-order valence-corrected chi connectivity index (χ0v) is 11.7. The van der Waals surface area contributed by atoms with E-state index in [1.54, 1.807) is 6.07 Å². The predicted octanol–water partition coefficient (Wildman–Crippen LogP) is 3.84. The quantitative estimate of drug-likeness (QED) is 0.557. The Balaban J connectivity index is 2.14. The molecule has 0 aliphatic rings. The molecule has 0 saturated heterocycles. The lowest BCUT2D eigenvalue weighted by Crippen LogP contribution is -1.98. The van der Waals surface area contributed by atoms with E-state index in [0.29, 0.717) is 23.0 Å². The van der Waals surface area contributed by atoms with Crippen molar-refractivity contribution in [1.29, 1.82) is 0 Å². The highest BCUT2D eigenvalue weighted by Gasteiger charge is 2.24. The van der Waals surface area contributed by atoms with Crippen LogP contribution in [0.2, 0.25) is 0 Å². The van der Waals surface area contributed by atoms with E-state index in [4.69, 9.17) is 9.84 Å². The summed E-state index contributed by atoms with van der Waals surface area (Å²) in [5.74, 6) is -4.23. The summed E-state index contributed by atoms with van der Waals surface area (Å²) in [4.78, 5) is 23.6. The van der Waals surface area contributed by atoms with E-state index in [9.17, 15) is 23.7 Å². The summed E-state index contributed by atoms with van der Waals surface area (Å²) in [7, 11) is 0. The Morgan fingerprint density at radius 3 is 2.62 bits per heavy atom. The number of rotatable bonds is 4. The van der Waals surface area contributed by atoms with E-state index in [1.165, 1.54) is 18.2 Å². The molecular weight excluding hydrogens is 326 g/mol. The van der Waals surface area contributed by atoms with E-state index in [1.807, 2.05) is 0 Å². The standard InChI is InChI=1S/C15H8F2N2O5/c16-7-4-9(17)14(19(22)23)13(5-7)24-12-3-1-2-10-8(12)6-11(18-10)15(20)21/h1-6,18H,(H,20,21). The van der Waals surface area contributed by atoms with Crippen molar-refractivity contribution in [3.8, 4) is 11.5 Å². The molecule has 3 aromatic rings. The van der Waals surface area contributed by atoms with Gasteiger partial charge < -0.3 is 14.8 Å². The number of nitrogens with zero attached hydrogens (tertiary/aromatic N) is 1. The molecule has 9 heteroatoms. The maximum atomic E-state index is 13.6. The summed E-state index contributed by atoms with van der Waals surface area (Å²) in [5, 5.41) is 20.3. The Morgan fingerprint density at radius 1 is 1.21 bits per heavy atom. The van der Waals surface area contributed by atoms with Gasteiger partial charge in [-0.05, 0) is 18.2 Å². The van der Waals surface area contributed by atoms with E-state index >= 15 is 0 Å². The van der Waals surface area contributed by atoms with Gasteiger partial charge in [0.15, 0.2) is 0 Å². The van der Waals surface area contributed by atoms with Gasteiger partial charge in [0.25, 0.3) is 0 Å². The van der Waals surface area contributed by atoms with Gasteiger partial charge in [0, 0.05) is 23.0 Å². The van der Waals surface area contributed by atoms with Crippen molar-refractivity contribution in [3.63, 3.8) is 0 Å². The van der Waals surface area contributed by atoms with Crippen LogP contribution in [0.4, 0.5) is 14.5 Å². The number of aromatic amines is 1. The summed E-state index contributed by atoms with van der Waals surface area (Å²) < 4.78 is 32.3. The second kappa shape index (κ2) is 5.61. The van der Waals surface area contributed by atoms with Crippen molar-refractivity contribution in [3.05, 3.63) is 63.8 Å². The number of ether oxygens (including phenoxy) is 1. The van der Waals surface area contributed by atoms with Crippen molar-refractivity contribution >= 4 is 22.6 Å². The van der Waals surface area contributed by atoms with Gasteiger partial charge in [-0.1, -0.05) is 6.07 Å². The number of aromatic carboxylic acids is 1. The number of fused-ring (bicyclic) bond motifs is 1. The third kappa shape index (κ3) is 2.62. The minimum atomic E-state index is -1.37. The first-order valence-corrected chi connectivity index (χ1v) is 6.53. The molecular formula is C15H8F2N2O5.